The van der Waals surface area contributed by atoms with Crippen LogP contribution in [-0.4, -0.2) is 4.98 Å². The molecule has 2 rings (SSSR count). The summed E-state index contributed by atoms with van der Waals surface area (Å²) in [6, 6.07) is 9.84. The summed E-state index contributed by atoms with van der Waals surface area (Å²) in [6.07, 6.45) is 1.73. The highest BCUT2D eigenvalue weighted by atomic mass is 79.9. The first kappa shape index (κ1) is 11.1. The van der Waals surface area contributed by atoms with E-state index in [0.717, 1.165) is 15.8 Å². The minimum absolute atomic E-state index is 0.645. The predicted molar refractivity (Wildman–Crippen MR) is 67.9 cm³/mol. The number of nitrogens with zero attached hydrogens (tertiary/aromatic N) is 1. The van der Waals surface area contributed by atoms with Gasteiger partial charge in [-0.05, 0) is 53.5 Å². The van der Waals surface area contributed by atoms with Gasteiger partial charge in [-0.1, -0.05) is 12.1 Å². The number of hydrogen-bond donors (Lipinski definition) is 0. The summed E-state index contributed by atoms with van der Waals surface area (Å²) in [5.41, 5.74) is 2.21. The number of rotatable bonds is 2. The second-order valence-electron chi connectivity index (χ2n) is 3.66. The first-order chi connectivity index (χ1) is 7.66. The van der Waals surface area contributed by atoms with Crippen LogP contribution in [0, 0.1) is 13.8 Å². The van der Waals surface area contributed by atoms with E-state index in [0.29, 0.717) is 5.88 Å². The van der Waals surface area contributed by atoms with Crippen LogP contribution in [0.2, 0.25) is 0 Å². The third-order valence-corrected chi connectivity index (χ3v) is 2.88. The van der Waals surface area contributed by atoms with E-state index in [-0.39, 0.29) is 0 Å². The molecule has 2 aromatic rings. The molecule has 0 fully saturated rings. The van der Waals surface area contributed by atoms with E-state index in [1.54, 1.807) is 6.20 Å². The van der Waals surface area contributed by atoms with E-state index in [9.17, 15) is 0 Å². The van der Waals surface area contributed by atoms with Gasteiger partial charge in [-0.25, -0.2) is 4.98 Å². The number of hydrogen-bond acceptors (Lipinski definition) is 2. The number of halogens is 1. The molecule has 82 valence electrons. The summed E-state index contributed by atoms with van der Waals surface area (Å²) in [6.45, 7) is 4.02. The average molecular weight is 278 g/mol. The molecule has 1 heterocycles. The maximum atomic E-state index is 5.74. The van der Waals surface area contributed by atoms with Crippen molar-refractivity contribution in [1.29, 1.82) is 0 Å². The van der Waals surface area contributed by atoms with Crippen molar-refractivity contribution < 1.29 is 4.74 Å². The zero-order valence-electron chi connectivity index (χ0n) is 9.20. The summed E-state index contributed by atoms with van der Waals surface area (Å²) >= 11 is 3.48. The fourth-order valence-electron chi connectivity index (χ4n) is 1.37. The Morgan fingerprint density at radius 1 is 1.19 bits per heavy atom. The number of ether oxygens (including phenoxy) is 1. The van der Waals surface area contributed by atoms with Crippen LogP contribution in [-0.2, 0) is 0 Å². The molecule has 0 bridgehead atoms. The quantitative estimate of drug-likeness (QED) is 0.819. The third kappa shape index (κ3) is 2.42. The molecule has 0 N–H and O–H groups in total. The van der Waals surface area contributed by atoms with Gasteiger partial charge in [0.2, 0.25) is 5.88 Å². The van der Waals surface area contributed by atoms with E-state index < -0.39 is 0 Å². The molecule has 0 amide bonds. The van der Waals surface area contributed by atoms with Crippen molar-refractivity contribution in [1.82, 2.24) is 4.98 Å². The van der Waals surface area contributed by atoms with Crippen LogP contribution in [0.5, 0.6) is 11.6 Å². The Balaban J connectivity index is 2.31. The van der Waals surface area contributed by atoms with E-state index in [1.165, 1.54) is 5.56 Å². The minimum atomic E-state index is 0.645. The number of aryl methyl sites for hydroxylation is 2. The second kappa shape index (κ2) is 4.66. The second-order valence-corrected chi connectivity index (χ2v) is 4.52. The van der Waals surface area contributed by atoms with Crippen LogP contribution in [0.15, 0.2) is 41.0 Å². The highest BCUT2D eigenvalue weighted by Gasteiger charge is 2.05. The summed E-state index contributed by atoms with van der Waals surface area (Å²) in [7, 11) is 0. The number of benzene rings is 1. The predicted octanol–water partition coefficient (Wildman–Crippen LogP) is 4.25. The maximum Gasteiger partial charge on any atom is 0.222 e. The molecular formula is C13H12BrNO. The molecule has 0 unspecified atom stereocenters. The monoisotopic (exact) mass is 277 g/mol. The van der Waals surface area contributed by atoms with Crippen LogP contribution in [0.3, 0.4) is 0 Å². The van der Waals surface area contributed by atoms with Crippen LogP contribution in [0.25, 0.3) is 0 Å². The Morgan fingerprint density at radius 3 is 2.69 bits per heavy atom. The molecule has 0 aliphatic heterocycles. The van der Waals surface area contributed by atoms with Crippen LogP contribution >= 0.6 is 15.9 Å². The standard InChI is InChI=1S/C13H12BrNO/c1-9-5-6-12(11(14)8-9)16-13-10(2)4-3-7-15-13/h3-8H,1-2H3. The molecule has 0 saturated heterocycles. The lowest BCUT2D eigenvalue weighted by molar-refractivity contribution is 0.456. The zero-order chi connectivity index (χ0) is 11.5. The van der Waals surface area contributed by atoms with Gasteiger partial charge in [-0.2, -0.15) is 0 Å². The molecule has 1 aromatic heterocycles. The molecule has 1 aromatic carbocycles. The van der Waals surface area contributed by atoms with Gasteiger partial charge < -0.3 is 4.74 Å². The summed E-state index contributed by atoms with van der Waals surface area (Å²) < 4.78 is 6.68. The van der Waals surface area contributed by atoms with Crippen LogP contribution in [0.1, 0.15) is 11.1 Å². The highest BCUT2D eigenvalue weighted by molar-refractivity contribution is 9.10. The molecule has 0 aliphatic carbocycles. The van der Waals surface area contributed by atoms with Crippen LogP contribution in [0.4, 0.5) is 0 Å². The first-order valence-electron chi connectivity index (χ1n) is 5.02. The SMILES string of the molecule is Cc1ccc(Oc2ncccc2C)c(Br)c1. The lowest BCUT2D eigenvalue weighted by Crippen LogP contribution is -1.91. The van der Waals surface area contributed by atoms with Crippen molar-refractivity contribution in [3.63, 3.8) is 0 Å². The van der Waals surface area contributed by atoms with Crippen molar-refractivity contribution >= 4 is 15.9 Å². The minimum Gasteiger partial charge on any atom is -0.438 e. The van der Waals surface area contributed by atoms with Gasteiger partial charge in [0.25, 0.3) is 0 Å². The fraction of sp³-hybridized carbons (Fsp3) is 0.154. The molecule has 16 heavy (non-hydrogen) atoms. The Hall–Kier alpha value is -1.35. The summed E-state index contributed by atoms with van der Waals surface area (Å²) in [4.78, 5) is 4.19. The smallest absolute Gasteiger partial charge is 0.222 e. The zero-order valence-corrected chi connectivity index (χ0v) is 10.8. The Bertz CT molecular complexity index is 511. The topological polar surface area (TPSA) is 22.1 Å². The maximum absolute atomic E-state index is 5.74. The first-order valence-corrected chi connectivity index (χ1v) is 5.82. The van der Waals surface area contributed by atoms with Gasteiger partial charge in [0, 0.05) is 11.8 Å². The molecular weight excluding hydrogens is 266 g/mol. The van der Waals surface area contributed by atoms with Gasteiger partial charge in [0.1, 0.15) is 5.75 Å². The number of aromatic nitrogens is 1. The Morgan fingerprint density at radius 2 is 2.00 bits per heavy atom. The molecule has 0 atom stereocenters. The highest BCUT2D eigenvalue weighted by Crippen LogP contribution is 2.30. The van der Waals surface area contributed by atoms with E-state index in [1.807, 2.05) is 44.2 Å². The van der Waals surface area contributed by atoms with Gasteiger partial charge in [0.15, 0.2) is 0 Å². The van der Waals surface area contributed by atoms with Crippen molar-refractivity contribution in [2.24, 2.45) is 0 Å². The van der Waals surface area contributed by atoms with E-state index >= 15 is 0 Å². The van der Waals surface area contributed by atoms with Gasteiger partial charge >= 0.3 is 0 Å². The summed E-state index contributed by atoms with van der Waals surface area (Å²) in [5, 5.41) is 0. The van der Waals surface area contributed by atoms with Crippen LogP contribution < -0.4 is 4.74 Å². The average Bonchev–Trinajstić information content (AvgIpc) is 2.25. The largest absolute Gasteiger partial charge is 0.438 e. The van der Waals surface area contributed by atoms with E-state index in [4.69, 9.17) is 4.74 Å². The van der Waals surface area contributed by atoms with Gasteiger partial charge in [-0.15, -0.1) is 0 Å². The lowest BCUT2D eigenvalue weighted by atomic mass is 10.2. The number of pyridine rings is 1. The lowest BCUT2D eigenvalue weighted by Gasteiger charge is -2.09. The van der Waals surface area contributed by atoms with Gasteiger partial charge in [-0.3, -0.25) is 0 Å². The summed E-state index contributed by atoms with van der Waals surface area (Å²) in [5.74, 6) is 1.43. The van der Waals surface area contributed by atoms with Crippen molar-refractivity contribution in [3.8, 4) is 11.6 Å². The Labute approximate surface area is 103 Å². The van der Waals surface area contributed by atoms with E-state index in [2.05, 4.69) is 20.9 Å². The van der Waals surface area contributed by atoms with Crippen molar-refractivity contribution in [2.45, 2.75) is 13.8 Å². The fourth-order valence-corrected chi connectivity index (χ4v) is 1.95. The normalized spacial score (nSPS) is 10.2. The molecule has 2 nitrogen and oxygen atoms in total. The molecule has 3 heteroatoms. The molecule has 0 radical (unpaired) electrons. The molecule has 0 spiro atoms. The van der Waals surface area contributed by atoms with Crippen molar-refractivity contribution in [2.75, 3.05) is 0 Å². The third-order valence-electron chi connectivity index (χ3n) is 2.26. The Kier molecular flexibility index (Phi) is 3.25. The molecule has 0 saturated carbocycles. The van der Waals surface area contributed by atoms with Crippen molar-refractivity contribution in [3.05, 3.63) is 52.1 Å². The molecule has 0 aliphatic rings. The van der Waals surface area contributed by atoms with Gasteiger partial charge in [0.05, 0.1) is 4.47 Å².